The Hall–Kier alpha value is -2.75. The molecule has 4 aromatic heterocycles. The van der Waals surface area contributed by atoms with Crippen LogP contribution in [0.3, 0.4) is 0 Å². The van der Waals surface area contributed by atoms with Gasteiger partial charge in [-0.25, -0.2) is 15.0 Å². The predicted octanol–water partition coefficient (Wildman–Crippen LogP) is 2.09. The summed E-state index contributed by atoms with van der Waals surface area (Å²) >= 11 is 0. The molecule has 0 spiro atoms. The van der Waals surface area contributed by atoms with Gasteiger partial charge in [0.05, 0.1) is 23.9 Å². The van der Waals surface area contributed by atoms with Crippen LogP contribution in [0.4, 0.5) is 5.82 Å². The van der Waals surface area contributed by atoms with E-state index in [1.807, 2.05) is 30.1 Å². The molecule has 1 atom stereocenters. The van der Waals surface area contributed by atoms with Crippen LogP contribution in [0.5, 0.6) is 0 Å². The lowest BCUT2D eigenvalue weighted by atomic mass is 10.1. The third-order valence-corrected chi connectivity index (χ3v) is 4.96. The van der Waals surface area contributed by atoms with Gasteiger partial charge in [0.15, 0.2) is 5.82 Å². The summed E-state index contributed by atoms with van der Waals surface area (Å²) in [6.07, 6.45) is 7.35. The first-order valence-corrected chi connectivity index (χ1v) is 9.37. The number of morpholine rings is 1. The van der Waals surface area contributed by atoms with Gasteiger partial charge in [0.25, 0.3) is 0 Å². The van der Waals surface area contributed by atoms with Gasteiger partial charge in [-0.15, -0.1) is 0 Å². The Labute approximate surface area is 175 Å². The van der Waals surface area contributed by atoms with Crippen LogP contribution < -0.4 is 10.6 Å². The van der Waals surface area contributed by atoms with Crippen LogP contribution in [0.2, 0.25) is 0 Å². The van der Waals surface area contributed by atoms with E-state index >= 15 is 0 Å². The highest BCUT2D eigenvalue weighted by Gasteiger charge is 2.16. The first-order chi connectivity index (χ1) is 13.8. The molecule has 8 nitrogen and oxygen atoms in total. The summed E-state index contributed by atoms with van der Waals surface area (Å²) in [5, 5.41) is 7.83. The molecule has 1 aliphatic heterocycles. The van der Waals surface area contributed by atoms with E-state index in [1.165, 1.54) is 0 Å². The van der Waals surface area contributed by atoms with Crippen molar-refractivity contribution >= 4 is 41.4 Å². The highest BCUT2D eigenvalue weighted by atomic mass is 32.1. The Kier molecular flexibility index (Phi) is 5.61. The molecular formula is C20H23N7OS. The summed E-state index contributed by atoms with van der Waals surface area (Å²) in [7, 11) is 1.99. The van der Waals surface area contributed by atoms with E-state index in [1.54, 1.807) is 12.4 Å². The topological polar surface area (TPSA) is 89.8 Å². The summed E-state index contributed by atoms with van der Waals surface area (Å²) in [5.41, 5.74) is 4.26. The lowest BCUT2D eigenvalue weighted by Gasteiger charge is -2.24. The SMILES string of the molecule is Cn1ccc2cc(-c3cc4nccnc4c(NC[C@@H]4CNCCO4)n3)cnc21.S. The highest BCUT2D eigenvalue weighted by molar-refractivity contribution is 7.59. The van der Waals surface area contributed by atoms with Crippen LogP contribution >= 0.6 is 13.5 Å². The molecular weight excluding hydrogens is 386 g/mol. The van der Waals surface area contributed by atoms with Crippen molar-refractivity contribution in [3.05, 3.63) is 43.0 Å². The quantitative estimate of drug-likeness (QED) is 0.533. The Morgan fingerprint density at radius 1 is 1.24 bits per heavy atom. The van der Waals surface area contributed by atoms with Crippen molar-refractivity contribution in [3.63, 3.8) is 0 Å². The number of fused-ring (bicyclic) bond motifs is 2. The predicted molar refractivity (Wildman–Crippen MR) is 119 cm³/mol. The molecule has 9 heteroatoms. The fraction of sp³-hybridized carbons (Fsp3) is 0.300. The van der Waals surface area contributed by atoms with E-state index in [2.05, 4.69) is 37.7 Å². The van der Waals surface area contributed by atoms with Gasteiger partial charge in [0.2, 0.25) is 0 Å². The third kappa shape index (κ3) is 3.89. The number of nitrogens with zero attached hydrogens (tertiary/aromatic N) is 5. The normalized spacial score (nSPS) is 16.7. The second-order valence-corrected chi connectivity index (χ2v) is 6.92. The Bertz CT molecular complexity index is 1140. The average Bonchev–Trinajstić information content (AvgIpc) is 3.13. The fourth-order valence-corrected chi connectivity index (χ4v) is 3.50. The number of rotatable bonds is 4. The van der Waals surface area contributed by atoms with Crippen molar-refractivity contribution in [1.82, 2.24) is 29.8 Å². The molecule has 5 heterocycles. The van der Waals surface area contributed by atoms with Crippen molar-refractivity contribution in [3.8, 4) is 11.3 Å². The van der Waals surface area contributed by atoms with Crippen LogP contribution in [0, 0.1) is 0 Å². The Balaban J connectivity index is 0.00000205. The first kappa shape index (κ1) is 19.6. The molecule has 29 heavy (non-hydrogen) atoms. The minimum absolute atomic E-state index is 0. The number of nitrogens with one attached hydrogen (secondary N) is 2. The van der Waals surface area contributed by atoms with E-state index in [-0.39, 0.29) is 19.6 Å². The van der Waals surface area contributed by atoms with Gasteiger partial charge in [-0.3, -0.25) is 4.98 Å². The Morgan fingerprint density at radius 2 is 2.14 bits per heavy atom. The van der Waals surface area contributed by atoms with E-state index < -0.39 is 0 Å². The summed E-state index contributed by atoms with van der Waals surface area (Å²) in [5.74, 6) is 0.711. The zero-order valence-corrected chi connectivity index (χ0v) is 17.1. The van der Waals surface area contributed by atoms with Gasteiger partial charge >= 0.3 is 0 Å². The third-order valence-electron chi connectivity index (χ3n) is 4.96. The maximum absolute atomic E-state index is 5.78. The van der Waals surface area contributed by atoms with E-state index in [0.717, 1.165) is 53.0 Å². The van der Waals surface area contributed by atoms with E-state index in [9.17, 15) is 0 Å². The number of hydrogen-bond acceptors (Lipinski definition) is 7. The van der Waals surface area contributed by atoms with Gasteiger partial charge < -0.3 is 19.9 Å². The smallest absolute Gasteiger partial charge is 0.154 e. The highest BCUT2D eigenvalue weighted by Crippen LogP contribution is 2.27. The summed E-state index contributed by atoms with van der Waals surface area (Å²) < 4.78 is 7.78. The van der Waals surface area contributed by atoms with E-state index in [4.69, 9.17) is 9.72 Å². The number of anilines is 1. The molecule has 150 valence electrons. The van der Waals surface area contributed by atoms with Crippen LogP contribution in [0.25, 0.3) is 33.3 Å². The van der Waals surface area contributed by atoms with Crippen molar-refractivity contribution in [2.75, 3.05) is 31.6 Å². The zero-order valence-electron chi connectivity index (χ0n) is 16.1. The molecule has 0 unspecified atom stereocenters. The Morgan fingerprint density at radius 3 is 3.00 bits per heavy atom. The van der Waals surface area contributed by atoms with Crippen LogP contribution in [-0.4, -0.2) is 56.8 Å². The lowest BCUT2D eigenvalue weighted by molar-refractivity contribution is 0.0372. The zero-order chi connectivity index (χ0) is 18.9. The molecule has 5 rings (SSSR count). The second kappa shape index (κ2) is 8.32. The van der Waals surface area contributed by atoms with Crippen LogP contribution in [0.1, 0.15) is 0 Å². The lowest BCUT2D eigenvalue weighted by Crippen LogP contribution is -2.42. The van der Waals surface area contributed by atoms with Crippen molar-refractivity contribution < 1.29 is 4.74 Å². The van der Waals surface area contributed by atoms with E-state index in [0.29, 0.717) is 12.4 Å². The fourth-order valence-electron chi connectivity index (χ4n) is 3.50. The molecule has 2 N–H and O–H groups in total. The molecule has 0 saturated carbocycles. The first-order valence-electron chi connectivity index (χ1n) is 9.37. The van der Waals surface area contributed by atoms with Gasteiger partial charge in [-0.2, -0.15) is 13.5 Å². The summed E-state index contributed by atoms with van der Waals surface area (Å²) in [6.45, 7) is 3.10. The van der Waals surface area contributed by atoms with Crippen molar-refractivity contribution in [2.45, 2.75) is 6.10 Å². The van der Waals surface area contributed by atoms with Gasteiger partial charge in [-0.1, -0.05) is 0 Å². The van der Waals surface area contributed by atoms with Crippen molar-refractivity contribution in [2.24, 2.45) is 7.05 Å². The van der Waals surface area contributed by atoms with Crippen LogP contribution in [-0.2, 0) is 11.8 Å². The minimum Gasteiger partial charge on any atom is -0.374 e. The summed E-state index contributed by atoms with van der Waals surface area (Å²) in [6, 6.07) is 6.11. The standard InChI is InChI=1S/C20H21N7O.H2S/c1-27-6-2-13-8-14(10-25-20(13)27)16-9-17-18(23-4-3-22-17)19(26-16)24-12-15-11-21-5-7-28-15;/h2-4,6,8-10,15,21H,5,7,11-12H2,1H3,(H,24,26);1H2/t15-;/m0./s1. The number of hydrogen-bond donors (Lipinski definition) is 2. The molecule has 0 radical (unpaired) electrons. The molecule has 1 aliphatic rings. The molecule has 0 bridgehead atoms. The molecule has 0 amide bonds. The molecule has 1 saturated heterocycles. The number of ether oxygens (including phenoxy) is 1. The molecule has 1 fully saturated rings. The molecule has 0 aliphatic carbocycles. The van der Waals surface area contributed by atoms with Crippen molar-refractivity contribution in [1.29, 1.82) is 0 Å². The van der Waals surface area contributed by atoms with Gasteiger partial charge in [0, 0.05) is 62.4 Å². The largest absolute Gasteiger partial charge is 0.374 e. The number of aromatic nitrogens is 5. The number of pyridine rings is 2. The molecule has 4 aromatic rings. The van der Waals surface area contributed by atoms with Crippen LogP contribution in [0.15, 0.2) is 43.0 Å². The maximum Gasteiger partial charge on any atom is 0.154 e. The van der Waals surface area contributed by atoms with Gasteiger partial charge in [-0.05, 0) is 18.2 Å². The summed E-state index contributed by atoms with van der Waals surface area (Å²) in [4.78, 5) is 18.4. The maximum atomic E-state index is 5.78. The second-order valence-electron chi connectivity index (χ2n) is 6.92. The number of aryl methyl sites for hydroxylation is 1. The average molecular weight is 410 g/mol. The van der Waals surface area contributed by atoms with Gasteiger partial charge in [0.1, 0.15) is 11.2 Å². The minimum atomic E-state index is 0. The molecule has 0 aromatic carbocycles. The monoisotopic (exact) mass is 409 g/mol.